The highest BCUT2D eigenvalue weighted by Crippen LogP contribution is 2.20. The van der Waals surface area contributed by atoms with Crippen LogP contribution in [0.15, 0.2) is 12.0 Å². The van der Waals surface area contributed by atoms with E-state index in [2.05, 4.69) is 47.2 Å². The van der Waals surface area contributed by atoms with E-state index in [1.165, 1.54) is 0 Å². The van der Waals surface area contributed by atoms with Gasteiger partial charge in [0.1, 0.15) is 0 Å². The van der Waals surface area contributed by atoms with Crippen LogP contribution < -0.4 is 0 Å². The maximum atomic E-state index is 5.43. The van der Waals surface area contributed by atoms with E-state index in [0.29, 0.717) is 6.10 Å². The van der Waals surface area contributed by atoms with Crippen LogP contribution in [0.25, 0.3) is 0 Å². The van der Waals surface area contributed by atoms with Gasteiger partial charge in [-0.15, -0.1) is 0 Å². The van der Waals surface area contributed by atoms with Crippen molar-refractivity contribution in [3.8, 4) is 0 Å². The third kappa shape index (κ3) is 5.91. The Labute approximate surface area is 84.8 Å². The SMILES string of the molecule is CC(C)OC=C[SiH](C(C)C)C(C)C. The van der Waals surface area contributed by atoms with Crippen LogP contribution in [0.1, 0.15) is 41.5 Å². The Hall–Kier alpha value is -0.243. The van der Waals surface area contributed by atoms with E-state index >= 15 is 0 Å². The van der Waals surface area contributed by atoms with Gasteiger partial charge in [0, 0.05) is 0 Å². The van der Waals surface area contributed by atoms with E-state index in [9.17, 15) is 0 Å². The molecule has 0 saturated carbocycles. The molecule has 0 amide bonds. The highest BCUT2D eigenvalue weighted by Gasteiger charge is 2.15. The van der Waals surface area contributed by atoms with Gasteiger partial charge < -0.3 is 4.74 Å². The third-order valence-electron chi connectivity index (χ3n) is 2.19. The summed E-state index contributed by atoms with van der Waals surface area (Å²) in [6.07, 6.45) is 2.23. The summed E-state index contributed by atoms with van der Waals surface area (Å²) >= 11 is 0. The lowest BCUT2D eigenvalue weighted by Gasteiger charge is -2.19. The summed E-state index contributed by atoms with van der Waals surface area (Å²) in [6.45, 7) is 13.4. The van der Waals surface area contributed by atoms with Crippen molar-refractivity contribution in [1.29, 1.82) is 0 Å². The maximum absolute atomic E-state index is 5.43. The second-order valence-corrected chi connectivity index (χ2v) is 8.79. The van der Waals surface area contributed by atoms with Gasteiger partial charge in [-0.05, 0) is 13.8 Å². The molecule has 0 aliphatic carbocycles. The zero-order valence-corrected chi connectivity index (χ0v) is 11.0. The van der Waals surface area contributed by atoms with Gasteiger partial charge in [-0.2, -0.15) is 0 Å². The summed E-state index contributed by atoms with van der Waals surface area (Å²) < 4.78 is 5.43. The molecule has 0 unspecified atom stereocenters. The highest BCUT2D eigenvalue weighted by atomic mass is 28.3. The monoisotopic (exact) mass is 200 g/mol. The van der Waals surface area contributed by atoms with Gasteiger partial charge in [0.25, 0.3) is 0 Å². The molecule has 0 aliphatic heterocycles. The van der Waals surface area contributed by atoms with Crippen molar-refractivity contribution >= 4 is 8.80 Å². The molecule has 0 rings (SSSR count). The van der Waals surface area contributed by atoms with Gasteiger partial charge in [0.05, 0.1) is 21.2 Å². The van der Waals surface area contributed by atoms with Crippen LogP contribution in [0.2, 0.25) is 11.1 Å². The number of hydrogen-bond donors (Lipinski definition) is 0. The van der Waals surface area contributed by atoms with Gasteiger partial charge in [-0.1, -0.05) is 44.5 Å². The normalized spacial score (nSPS) is 12.8. The predicted octanol–water partition coefficient (Wildman–Crippen LogP) is 3.51. The average molecular weight is 200 g/mol. The van der Waals surface area contributed by atoms with Gasteiger partial charge in [-0.3, -0.25) is 0 Å². The first kappa shape index (κ1) is 12.8. The summed E-state index contributed by atoms with van der Waals surface area (Å²) in [5.41, 5.74) is 3.98. The molecule has 78 valence electrons. The molecule has 0 aromatic carbocycles. The summed E-state index contributed by atoms with van der Waals surface area (Å²) in [5, 5.41) is 0. The summed E-state index contributed by atoms with van der Waals surface area (Å²) in [4.78, 5) is 0. The van der Waals surface area contributed by atoms with E-state index in [1.807, 2.05) is 6.26 Å². The Balaban J connectivity index is 4.02. The van der Waals surface area contributed by atoms with Crippen LogP contribution in [-0.4, -0.2) is 14.9 Å². The molecule has 1 nitrogen and oxygen atoms in total. The number of ether oxygens (including phenoxy) is 1. The minimum absolute atomic E-state index is 0.310. The van der Waals surface area contributed by atoms with Gasteiger partial charge in [0.15, 0.2) is 0 Å². The third-order valence-corrected chi connectivity index (χ3v) is 5.87. The minimum atomic E-state index is -0.745. The van der Waals surface area contributed by atoms with Crippen LogP contribution in [0.3, 0.4) is 0 Å². The fourth-order valence-electron chi connectivity index (χ4n) is 1.51. The fourth-order valence-corrected chi connectivity index (χ4v) is 4.21. The van der Waals surface area contributed by atoms with Crippen LogP contribution in [-0.2, 0) is 4.74 Å². The lowest BCUT2D eigenvalue weighted by atomic mass is 10.5. The van der Waals surface area contributed by atoms with Gasteiger partial charge >= 0.3 is 0 Å². The van der Waals surface area contributed by atoms with E-state index < -0.39 is 8.80 Å². The molecule has 0 saturated heterocycles. The maximum Gasteiger partial charge on any atom is 0.0922 e. The molecule has 0 spiro atoms. The van der Waals surface area contributed by atoms with Gasteiger partial charge in [0.2, 0.25) is 0 Å². The lowest BCUT2D eigenvalue weighted by molar-refractivity contribution is 0.180. The fraction of sp³-hybridized carbons (Fsp3) is 0.818. The Morgan fingerprint density at radius 2 is 1.38 bits per heavy atom. The topological polar surface area (TPSA) is 9.23 Å². The Morgan fingerprint density at radius 3 is 1.69 bits per heavy atom. The second kappa shape index (κ2) is 6.25. The largest absolute Gasteiger partial charge is 0.499 e. The number of rotatable bonds is 5. The molecule has 0 N–H and O–H groups in total. The van der Waals surface area contributed by atoms with Crippen molar-refractivity contribution in [2.24, 2.45) is 0 Å². The zero-order valence-electron chi connectivity index (χ0n) is 9.87. The van der Waals surface area contributed by atoms with E-state index in [4.69, 9.17) is 4.74 Å². The molecule has 0 heterocycles. The molecule has 13 heavy (non-hydrogen) atoms. The predicted molar refractivity (Wildman–Crippen MR) is 62.7 cm³/mol. The summed E-state index contributed by atoms with van der Waals surface area (Å²) in [5.74, 6) is 0. The molecule has 0 aromatic rings. The molecule has 0 atom stereocenters. The van der Waals surface area contributed by atoms with Crippen LogP contribution in [0.4, 0.5) is 0 Å². The highest BCUT2D eigenvalue weighted by molar-refractivity contribution is 6.66. The van der Waals surface area contributed by atoms with Crippen molar-refractivity contribution in [3.05, 3.63) is 12.0 Å². The molecule has 0 fully saturated rings. The first-order valence-electron chi connectivity index (χ1n) is 5.27. The van der Waals surface area contributed by atoms with Crippen molar-refractivity contribution in [2.45, 2.75) is 58.7 Å². The van der Waals surface area contributed by atoms with Crippen LogP contribution in [0.5, 0.6) is 0 Å². The second-order valence-electron chi connectivity index (χ2n) is 4.58. The molecular weight excluding hydrogens is 176 g/mol. The Morgan fingerprint density at radius 1 is 0.923 bits per heavy atom. The molecule has 0 radical (unpaired) electrons. The van der Waals surface area contributed by atoms with Crippen molar-refractivity contribution in [1.82, 2.24) is 0 Å². The van der Waals surface area contributed by atoms with E-state index in [0.717, 1.165) is 11.1 Å². The van der Waals surface area contributed by atoms with Crippen LogP contribution in [0, 0.1) is 0 Å². The molecule has 0 bridgehead atoms. The smallest absolute Gasteiger partial charge is 0.0922 e. The standard InChI is InChI=1S/C11H24OSi/c1-9(2)12-7-8-13(10(3)4)11(5)6/h7-11,13H,1-6H3. The van der Waals surface area contributed by atoms with Crippen LogP contribution >= 0.6 is 0 Å². The summed E-state index contributed by atoms with van der Waals surface area (Å²) in [6, 6.07) is 0. The average Bonchev–Trinajstić information content (AvgIpc) is 1.95. The van der Waals surface area contributed by atoms with E-state index in [-0.39, 0.29) is 0 Å². The first-order chi connectivity index (χ1) is 5.95. The zero-order chi connectivity index (χ0) is 10.4. The Kier molecular flexibility index (Phi) is 6.13. The molecule has 2 heteroatoms. The lowest BCUT2D eigenvalue weighted by Crippen LogP contribution is -2.18. The molecule has 0 aromatic heterocycles. The Bertz CT molecular complexity index is 142. The summed E-state index contributed by atoms with van der Waals surface area (Å²) in [7, 11) is -0.745. The molecular formula is C11H24OSi. The van der Waals surface area contributed by atoms with Gasteiger partial charge in [-0.25, -0.2) is 0 Å². The van der Waals surface area contributed by atoms with E-state index in [1.54, 1.807) is 0 Å². The van der Waals surface area contributed by atoms with Crippen molar-refractivity contribution in [2.75, 3.05) is 0 Å². The van der Waals surface area contributed by atoms with Crippen molar-refractivity contribution in [3.63, 3.8) is 0 Å². The minimum Gasteiger partial charge on any atom is -0.499 e. The number of hydrogen-bond acceptors (Lipinski definition) is 1. The molecule has 0 aliphatic rings. The van der Waals surface area contributed by atoms with Crippen molar-refractivity contribution < 1.29 is 4.74 Å². The first-order valence-corrected chi connectivity index (χ1v) is 7.27. The quantitative estimate of drug-likeness (QED) is 0.487.